The summed E-state index contributed by atoms with van der Waals surface area (Å²) in [5, 5.41) is 10.4. The predicted octanol–water partition coefficient (Wildman–Crippen LogP) is 5.45. The van der Waals surface area contributed by atoms with Gasteiger partial charge in [-0.15, -0.1) is 11.3 Å². The molecule has 4 rings (SSSR count). The Labute approximate surface area is 206 Å². The molecule has 0 atom stereocenters. The Balaban J connectivity index is 1.31. The van der Waals surface area contributed by atoms with Gasteiger partial charge in [0.15, 0.2) is 0 Å². The number of para-hydroxylation sites is 1. The molecule has 9 heteroatoms. The van der Waals surface area contributed by atoms with Crippen molar-refractivity contribution >= 4 is 40.5 Å². The number of aryl methyl sites for hydroxylation is 2. The fourth-order valence-electron chi connectivity index (χ4n) is 3.38. The molecular formula is C25H23ClN4O3S. The zero-order valence-corrected chi connectivity index (χ0v) is 20.5. The molecule has 4 aromatic rings. The number of nitrogens with one attached hydrogen (secondary N) is 1. The third kappa shape index (κ3) is 5.35. The lowest BCUT2D eigenvalue weighted by atomic mass is 10.2. The number of nitrogens with zero attached hydrogens (tertiary/aromatic N) is 3. The Morgan fingerprint density at radius 2 is 1.82 bits per heavy atom. The Hall–Kier alpha value is -3.49. The van der Waals surface area contributed by atoms with Crippen molar-refractivity contribution in [2.75, 3.05) is 5.32 Å². The SMILES string of the molecule is Cc1ccccc1NC(=O)Cc1nc(COC(=O)c2ccc(-n3nc(C)c(Cl)c3C)cc2)cs1. The molecule has 174 valence electrons. The lowest BCUT2D eigenvalue weighted by Crippen LogP contribution is -2.15. The number of rotatable bonds is 7. The lowest BCUT2D eigenvalue weighted by molar-refractivity contribution is -0.115. The van der Waals surface area contributed by atoms with Crippen LogP contribution in [0.2, 0.25) is 5.02 Å². The second kappa shape index (κ2) is 10.2. The molecule has 0 saturated heterocycles. The van der Waals surface area contributed by atoms with Crippen molar-refractivity contribution in [2.45, 2.75) is 33.8 Å². The number of thiazole rings is 1. The average Bonchev–Trinajstić information content (AvgIpc) is 3.38. The van der Waals surface area contributed by atoms with Crippen LogP contribution in [0.4, 0.5) is 5.69 Å². The van der Waals surface area contributed by atoms with Gasteiger partial charge in [-0.1, -0.05) is 29.8 Å². The van der Waals surface area contributed by atoms with E-state index < -0.39 is 5.97 Å². The van der Waals surface area contributed by atoms with E-state index in [9.17, 15) is 9.59 Å². The number of esters is 1. The summed E-state index contributed by atoms with van der Waals surface area (Å²) in [6, 6.07) is 14.5. The topological polar surface area (TPSA) is 86.1 Å². The number of halogens is 1. The van der Waals surface area contributed by atoms with Crippen molar-refractivity contribution in [1.29, 1.82) is 0 Å². The number of benzene rings is 2. The van der Waals surface area contributed by atoms with Crippen LogP contribution in [0.3, 0.4) is 0 Å². The van der Waals surface area contributed by atoms with Gasteiger partial charge in [0, 0.05) is 11.1 Å². The number of carbonyl (C=O) groups is 2. The van der Waals surface area contributed by atoms with Gasteiger partial charge >= 0.3 is 5.97 Å². The zero-order chi connectivity index (χ0) is 24.2. The average molecular weight is 495 g/mol. The van der Waals surface area contributed by atoms with Gasteiger partial charge in [0.05, 0.1) is 39.8 Å². The second-order valence-electron chi connectivity index (χ2n) is 7.79. The van der Waals surface area contributed by atoms with E-state index in [1.807, 2.05) is 45.0 Å². The number of anilines is 1. The quantitative estimate of drug-likeness (QED) is 0.345. The van der Waals surface area contributed by atoms with Crippen molar-refractivity contribution < 1.29 is 14.3 Å². The van der Waals surface area contributed by atoms with E-state index in [0.29, 0.717) is 21.3 Å². The Kier molecular flexibility index (Phi) is 7.09. The summed E-state index contributed by atoms with van der Waals surface area (Å²) in [4.78, 5) is 29.2. The van der Waals surface area contributed by atoms with E-state index in [2.05, 4.69) is 15.4 Å². The molecule has 0 saturated carbocycles. The third-order valence-electron chi connectivity index (χ3n) is 5.23. The van der Waals surface area contributed by atoms with Gasteiger partial charge in [-0.2, -0.15) is 5.10 Å². The van der Waals surface area contributed by atoms with Crippen LogP contribution in [-0.2, 0) is 22.6 Å². The first-order valence-corrected chi connectivity index (χ1v) is 11.9. The summed E-state index contributed by atoms with van der Waals surface area (Å²) in [6.07, 6.45) is 0.157. The van der Waals surface area contributed by atoms with E-state index in [4.69, 9.17) is 16.3 Å². The van der Waals surface area contributed by atoms with Gasteiger partial charge in [-0.25, -0.2) is 14.5 Å². The largest absolute Gasteiger partial charge is 0.456 e. The molecule has 2 heterocycles. The van der Waals surface area contributed by atoms with Crippen LogP contribution in [0, 0.1) is 20.8 Å². The molecule has 0 aliphatic rings. The van der Waals surface area contributed by atoms with E-state index in [0.717, 1.165) is 28.3 Å². The van der Waals surface area contributed by atoms with Gasteiger partial charge < -0.3 is 10.1 Å². The van der Waals surface area contributed by atoms with Gasteiger partial charge in [-0.05, 0) is 56.7 Å². The number of hydrogen-bond acceptors (Lipinski definition) is 6. The van der Waals surface area contributed by atoms with Crippen LogP contribution in [0.5, 0.6) is 0 Å². The van der Waals surface area contributed by atoms with E-state index in [1.165, 1.54) is 11.3 Å². The predicted molar refractivity (Wildman–Crippen MR) is 133 cm³/mol. The summed E-state index contributed by atoms with van der Waals surface area (Å²) in [5.74, 6) is -0.596. The van der Waals surface area contributed by atoms with Crippen molar-refractivity contribution in [3.63, 3.8) is 0 Å². The highest BCUT2D eigenvalue weighted by Gasteiger charge is 2.14. The Morgan fingerprint density at radius 1 is 1.09 bits per heavy atom. The Morgan fingerprint density at radius 3 is 2.50 bits per heavy atom. The minimum absolute atomic E-state index is 0.0313. The second-order valence-corrected chi connectivity index (χ2v) is 9.11. The van der Waals surface area contributed by atoms with Crippen molar-refractivity contribution in [3.05, 3.63) is 92.1 Å². The number of ether oxygens (including phenoxy) is 1. The molecule has 1 N–H and O–H groups in total. The van der Waals surface area contributed by atoms with Crippen LogP contribution in [-0.4, -0.2) is 26.6 Å². The highest BCUT2D eigenvalue weighted by atomic mass is 35.5. The molecule has 0 fully saturated rings. The first-order valence-electron chi connectivity index (χ1n) is 10.6. The maximum atomic E-state index is 12.5. The van der Waals surface area contributed by atoms with Crippen LogP contribution >= 0.6 is 22.9 Å². The molecule has 34 heavy (non-hydrogen) atoms. The standard InChI is InChI=1S/C25H23ClN4O3S/c1-15-6-4-5-7-21(15)28-22(31)12-23-27-19(14-34-23)13-33-25(32)18-8-10-20(11-9-18)30-17(3)24(26)16(2)29-30/h4-11,14H,12-13H2,1-3H3,(H,28,31). The van der Waals surface area contributed by atoms with Crippen molar-refractivity contribution in [3.8, 4) is 5.69 Å². The summed E-state index contributed by atoms with van der Waals surface area (Å²) >= 11 is 7.58. The molecule has 0 unspecified atom stereocenters. The first-order chi connectivity index (χ1) is 16.3. The fraction of sp³-hybridized carbons (Fsp3) is 0.200. The first kappa shape index (κ1) is 23.7. The van der Waals surface area contributed by atoms with Crippen LogP contribution in [0.25, 0.3) is 5.69 Å². The molecular weight excluding hydrogens is 472 g/mol. The van der Waals surface area contributed by atoms with Gasteiger partial charge in [0.25, 0.3) is 0 Å². The minimum Gasteiger partial charge on any atom is -0.456 e. The molecule has 0 radical (unpaired) electrons. The van der Waals surface area contributed by atoms with Gasteiger partial charge in [0.2, 0.25) is 5.91 Å². The normalized spacial score (nSPS) is 10.8. The zero-order valence-electron chi connectivity index (χ0n) is 19.0. The number of hydrogen-bond donors (Lipinski definition) is 1. The van der Waals surface area contributed by atoms with Crippen molar-refractivity contribution in [1.82, 2.24) is 14.8 Å². The van der Waals surface area contributed by atoms with Gasteiger partial charge in [0.1, 0.15) is 11.6 Å². The van der Waals surface area contributed by atoms with E-state index in [1.54, 1.807) is 34.3 Å². The molecule has 1 amide bonds. The summed E-state index contributed by atoms with van der Waals surface area (Å²) in [6.45, 7) is 5.70. The highest BCUT2D eigenvalue weighted by Crippen LogP contribution is 2.23. The summed E-state index contributed by atoms with van der Waals surface area (Å²) < 4.78 is 7.13. The summed E-state index contributed by atoms with van der Waals surface area (Å²) in [5.41, 5.74) is 5.19. The Bertz CT molecular complexity index is 1340. The smallest absolute Gasteiger partial charge is 0.338 e. The minimum atomic E-state index is -0.454. The van der Waals surface area contributed by atoms with Crippen LogP contribution in [0.15, 0.2) is 53.9 Å². The number of carbonyl (C=O) groups excluding carboxylic acids is 2. The molecule has 0 bridgehead atoms. The molecule has 2 aromatic heterocycles. The van der Waals surface area contributed by atoms with Gasteiger partial charge in [-0.3, -0.25) is 4.79 Å². The monoisotopic (exact) mass is 494 g/mol. The van der Waals surface area contributed by atoms with E-state index >= 15 is 0 Å². The maximum Gasteiger partial charge on any atom is 0.338 e. The molecule has 0 spiro atoms. The van der Waals surface area contributed by atoms with Crippen LogP contribution in [0.1, 0.15) is 38.0 Å². The fourth-order valence-corrected chi connectivity index (χ4v) is 4.27. The molecule has 7 nitrogen and oxygen atoms in total. The highest BCUT2D eigenvalue weighted by molar-refractivity contribution is 7.09. The van der Waals surface area contributed by atoms with E-state index in [-0.39, 0.29) is 18.9 Å². The third-order valence-corrected chi connectivity index (χ3v) is 6.68. The maximum absolute atomic E-state index is 12.5. The molecule has 0 aliphatic heterocycles. The number of aromatic nitrogens is 3. The molecule has 0 aliphatic carbocycles. The molecule has 2 aromatic carbocycles. The lowest BCUT2D eigenvalue weighted by Gasteiger charge is -2.07. The number of amides is 1. The van der Waals surface area contributed by atoms with Crippen molar-refractivity contribution in [2.24, 2.45) is 0 Å². The summed E-state index contributed by atoms with van der Waals surface area (Å²) in [7, 11) is 0. The van der Waals surface area contributed by atoms with Crippen LogP contribution < -0.4 is 5.32 Å².